The van der Waals surface area contributed by atoms with Crippen LogP contribution >= 0.6 is 12.4 Å². The molecule has 0 amide bonds. The van der Waals surface area contributed by atoms with Crippen LogP contribution in [-0.2, 0) is 10.0 Å². The molecule has 124 valence electrons. The number of benzene rings is 1. The molecule has 0 aliphatic carbocycles. The van der Waals surface area contributed by atoms with Crippen molar-refractivity contribution in [2.75, 3.05) is 20.2 Å². The number of halogens is 1. The molecular weight excluding hydrogens is 334 g/mol. The van der Waals surface area contributed by atoms with E-state index in [1.807, 2.05) is 0 Å². The Balaban J connectivity index is 0.00000242. The lowest BCUT2D eigenvalue weighted by Gasteiger charge is -2.12. The van der Waals surface area contributed by atoms with Crippen LogP contribution < -0.4 is 14.8 Å². The second-order valence-electron chi connectivity index (χ2n) is 4.74. The molecule has 1 aliphatic heterocycles. The Kier molecular flexibility index (Phi) is 6.54. The van der Waals surface area contributed by atoms with Gasteiger partial charge in [0.15, 0.2) is 5.75 Å². The van der Waals surface area contributed by atoms with Gasteiger partial charge in [0, 0.05) is 18.7 Å². The molecule has 2 N–H and O–H groups in total. The van der Waals surface area contributed by atoms with E-state index < -0.39 is 14.9 Å². The first kappa shape index (κ1) is 18.6. The third-order valence-electron chi connectivity index (χ3n) is 3.34. The number of nitrogens with zero attached hydrogens (tertiary/aromatic N) is 1. The SMILES string of the molecule is COc1ccc(S(=O)(=O)NCC2CCCN2)cc1[N+](=O)[O-].Cl. The number of hydrogen-bond acceptors (Lipinski definition) is 6. The number of nitro benzene ring substituents is 1. The fraction of sp³-hybridized carbons (Fsp3) is 0.500. The predicted octanol–water partition coefficient (Wildman–Crippen LogP) is 1.06. The molecule has 1 fully saturated rings. The van der Waals surface area contributed by atoms with Gasteiger partial charge in [0.2, 0.25) is 10.0 Å². The number of methoxy groups -OCH3 is 1. The molecule has 1 aliphatic rings. The van der Waals surface area contributed by atoms with Gasteiger partial charge >= 0.3 is 5.69 Å². The van der Waals surface area contributed by atoms with Crippen molar-refractivity contribution in [1.29, 1.82) is 0 Å². The standard InChI is InChI=1S/C12H17N3O5S.ClH/c1-20-12-5-4-10(7-11(12)15(16)17)21(18,19)14-8-9-3-2-6-13-9;/h4-5,7,9,13-14H,2-3,6,8H2,1H3;1H. The van der Waals surface area contributed by atoms with Gasteiger partial charge in [0.1, 0.15) is 0 Å². The second-order valence-corrected chi connectivity index (χ2v) is 6.50. The van der Waals surface area contributed by atoms with Gasteiger partial charge < -0.3 is 10.1 Å². The van der Waals surface area contributed by atoms with Crippen molar-refractivity contribution in [2.45, 2.75) is 23.8 Å². The van der Waals surface area contributed by atoms with Crippen molar-refractivity contribution in [2.24, 2.45) is 0 Å². The summed E-state index contributed by atoms with van der Waals surface area (Å²) < 4.78 is 31.6. The average molecular weight is 352 g/mol. The Labute approximate surface area is 134 Å². The molecule has 0 spiro atoms. The third kappa shape index (κ3) is 4.29. The maximum Gasteiger partial charge on any atom is 0.312 e. The van der Waals surface area contributed by atoms with Crippen LogP contribution in [0, 0.1) is 10.1 Å². The normalized spacial score (nSPS) is 17.8. The quantitative estimate of drug-likeness (QED) is 0.585. The van der Waals surface area contributed by atoms with Gasteiger partial charge in [0.25, 0.3) is 0 Å². The van der Waals surface area contributed by atoms with E-state index in [9.17, 15) is 18.5 Å². The summed E-state index contributed by atoms with van der Waals surface area (Å²) in [5.41, 5.74) is -0.376. The van der Waals surface area contributed by atoms with Crippen molar-refractivity contribution in [3.05, 3.63) is 28.3 Å². The maximum atomic E-state index is 12.2. The van der Waals surface area contributed by atoms with Crippen LogP contribution in [0.25, 0.3) is 0 Å². The fourth-order valence-electron chi connectivity index (χ4n) is 2.20. The zero-order chi connectivity index (χ0) is 15.5. The highest BCUT2D eigenvalue weighted by atomic mass is 35.5. The van der Waals surface area contributed by atoms with Crippen LogP contribution in [0.3, 0.4) is 0 Å². The lowest BCUT2D eigenvalue weighted by molar-refractivity contribution is -0.386. The van der Waals surface area contributed by atoms with E-state index in [-0.39, 0.29) is 41.3 Å². The van der Waals surface area contributed by atoms with E-state index in [1.54, 1.807) is 0 Å². The Morgan fingerprint density at radius 2 is 2.23 bits per heavy atom. The summed E-state index contributed by atoms with van der Waals surface area (Å²) in [7, 11) is -2.49. The van der Waals surface area contributed by atoms with Gasteiger partial charge in [-0.1, -0.05) is 0 Å². The number of nitro groups is 1. The average Bonchev–Trinajstić information content (AvgIpc) is 2.97. The van der Waals surface area contributed by atoms with Crippen molar-refractivity contribution < 1.29 is 18.1 Å². The van der Waals surface area contributed by atoms with Crippen molar-refractivity contribution >= 4 is 28.1 Å². The Morgan fingerprint density at radius 1 is 1.50 bits per heavy atom. The minimum atomic E-state index is -3.78. The van der Waals surface area contributed by atoms with Gasteiger partial charge in [-0.3, -0.25) is 10.1 Å². The molecule has 22 heavy (non-hydrogen) atoms. The molecule has 1 saturated heterocycles. The summed E-state index contributed by atoms with van der Waals surface area (Å²) in [5.74, 6) is 0.0245. The monoisotopic (exact) mass is 351 g/mol. The summed E-state index contributed by atoms with van der Waals surface area (Å²) in [6.45, 7) is 1.14. The third-order valence-corrected chi connectivity index (χ3v) is 4.76. The van der Waals surface area contributed by atoms with E-state index in [0.717, 1.165) is 25.5 Å². The smallest absolute Gasteiger partial charge is 0.312 e. The van der Waals surface area contributed by atoms with E-state index in [1.165, 1.54) is 19.2 Å². The minimum Gasteiger partial charge on any atom is -0.490 e. The highest BCUT2D eigenvalue weighted by Gasteiger charge is 2.23. The first-order valence-corrected chi connectivity index (χ1v) is 7.98. The highest BCUT2D eigenvalue weighted by Crippen LogP contribution is 2.29. The van der Waals surface area contributed by atoms with E-state index in [4.69, 9.17) is 4.74 Å². The first-order chi connectivity index (χ1) is 9.94. The molecule has 1 atom stereocenters. The molecule has 0 radical (unpaired) electrons. The maximum absolute atomic E-state index is 12.2. The van der Waals surface area contributed by atoms with Crippen molar-refractivity contribution in [3.63, 3.8) is 0 Å². The van der Waals surface area contributed by atoms with Gasteiger partial charge in [-0.05, 0) is 31.5 Å². The number of hydrogen-bond donors (Lipinski definition) is 2. The topological polar surface area (TPSA) is 111 Å². The highest BCUT2D eigenvalue weighted by molar-refractivity contribution is 7.89. The molecule has 1 aromatic carbocycles. The Bertz CT molecular complexity index is 632. The summed E-state index contributed by atoms with van der Waals surface area (Å²) in [6.07, 6.45) is 1.92. The van der Waals surface area contributed by atoms with E-state index >= 15 is 0 Å². The van der Waals surface area contributed by atoms with Crippen LogP contribution in [0.2, 0.25) is 0 Å². The molecule has 1 heterocycles. The Hall–Kier alpha value is -1.42. The first-order valence-electron chi connectivity index (χ1n) is 6.49. The molecule has 8 nitrogen and oxygen atoms in total. The number of ether oxygens (including phenoxy) is 1. The minimum absolute atomic E-state index is 0. The van der Waals surface area contributed by atoms with Gasteiger partial charge in [0.05, 0.1) is 16.9 Å². The molecule has 0 bridgehead atoms. The molecule has 1 unspecified atom stereocenters. The number of sulfonamides is 1. The fourth-order valence-corrected chi connectivity index (χ4v) is 3.31. The Morgan fingerprint density at radius 3 is 2.77 bits per heavy atom. The molecule has 0 aromatic heterocycles. The lowest BCUT2D eigenvalue weighted by atomic mass is 10.2. The summed E-state index contributed by atoms with van der Waals surface area (Å²) in [5, 5.41) is 14.1. The van der Waals surface area contributed by atoms with Gasteiger partial charge in [-0.2, -0.15) is 0 Å². The summed E-state index contributed by atoms with van der Waals surface area (Å²) in [4.78, 5) is 10.1. The molecule has 0 saturated carbocycles. The van der Waals surface area contributed by atoms with Crippen LogP contribution in [0.1, 0.15) is 12.8 Å². The largest absolute Gasteiger partial charge is 0.490 e. The zero-order valence-electron chi connectivity index (χ0n) is 11.9. The second kappa shape index (κ2) is 7.73. The predicted molar refractivity (Wildman–Crippen MR) is 83.1 cm³/mol. The van der Waals surface area contributed by atoms with Crippen LogP contribution in [-0.4, -0.2) is 39.6 Å². The molecule has 2 rings (SSSR count). The van der Waals surface area contributed by atoms with E-state index in [0.29, 0.717) is 0 Å². The van der Waals surface area contributed by atoms with Crippen molar-refractivity contribution in [3.8, 4) is 5.75 Å². The molecular formula is C12H18ClN3O5S. The summed E-state index contributed by atoms with van der Waals surface area (Å²) in [6, 6.07) is 3.67. The van der Waals surface area contributed by atoms with Gasteiger partial charge in [-0.25, -0.2) is 13.1 Å². The van der Waals surface area contributed by atoms with Crippen molar-refractivity contribution in [1.82, 2.24) is 10.0 Å². The number of nitrogens with one attached hydrogen (secondary N) is 2. The van der Waals surface area contributed by atoms with E-state index in [2.05, 4.69) is 10.0 Å². The van der Waals surface area contributed by atoms with Gasteiger partial charge in [-0.15, -0.1) is 12.4 Å². The van der Waals surface area contributed by atoms with Crippen LogP contribution in [0.4, 0.5) is 5.69 Å². The molecule has 10 heteroatoms. The number of rotatable bonds is 6. The van der Waals surface area contributed by atoms with Crippen LogP contribution in [0.5, 0.6) is 5.75 Å². The lowest BCUT2D eigenvalue weighted by Crippen LogP contribution is -2.37. The zero-order valence-corrected chi connectivity index (χ0v) is 13.6. The van der Waals surface area contributed by atoms with Crippen LogP contribution in [0.15, 0.2) is 23.1 Å². The molecule has 1 aromatic rings. The summed E-state index contributed by atoms with van der Waals surface area (Å²) >= 11 is 0.